The number of amides is 1. The lowest BCUT2D eigenvalue weighted by Crippen LogP contribution is -2.34. The van der Waals surface area contributed by atoms with Crippen molar-refractivity contribution in [1.82, 2.24) is 4.90 Å². The van der Waals surface area contributed by atoms with Crippen LogP contribution in [0.3, 0.4) is 0 Å². The molecule has 1 aromatic carbocycles. The lowest BCUT2D eigenvalue weighted by atomic mass is 9.88. The minimum Gasteiger partial charge on any atom is -0.481 e. The summed E-state index contributed by atoms with van der Waals surface area (Å²) in [5.74, 6) is -0.874. The Morgan fingerprint density at radius 2 is 1.44 bits per heavy atom. The van der Waals surface area contributed by atoms with Crippen molar-refractivity contribution in [2.75, 3.05) is 6.54 Å². The molecule has 0 aliphatic heterocycles. The van der Waals surface area contributed by atoms with Crippen LogP contribution in [0.25, 0.3) is 0 Å². The van der Waals surface area contributed by atoms with Crippen LogP contribution in [0.15, 0.2) is 24.3 Å². The predicted octanol–water partition coefficient (Wildman–Crippen LogP) is 4.51. The van der Waals surface area contributed by atoms with Gasteiger partial charge in [0.2, 0.25) is 5.91 Å². The van der Waals surface area contributed by atoms with E-state index in [1.165, 1.54) is 5.56 Å². The van der Waals surface area contributed by atoms with E-state index in [-0.39, 0.29) is 29.7 Å². The van der Waals surface area contributed by atoms with Gasteiger partial charge < -0.3 is 10.0 Å². The van der Waals surface area contributed by atoms with Crippen LogP contribution in [0.1, 0.15) is 65.5 Å². The number of hydrogen-bond acceptors (Lipinski definition) is 2. The lowest BCUT2D eigenvalue weighted by molar-refractivity contribution is -0.139. The molecule has 4 nitrogen and oxygen atoms in total. The van der Waals surface area contributed by atoms with Crippen molar-refractivity contribution in [2.24, 2.45) is 10.8 Å². The summed E-state index contributed by atoms with van der Waals surface area (Å²) in [6, 6.07) is 8.28. The molecular weight excluding hydrogens is 314 g/mol. The molecule has 0 unspecified atom stereocenters. The molecule has 1 aromatic rings. The molecule has 0 aromatic heterocycles. The maximum absolute atomic E-state index is 12.6. The van der Waals surface area contributed by atoms with Crippen LogP contribution in [-0.4, -0.2) is 28.4 Å². The Morgan fingerprint density at radius 1 is 0.920 bits per heavy atom. The first kappa shape index (κ1) is 21.2. The molecule has 0 heterocycles. The quantitative estimate of drug-likeness (QED) is 0.789. The molecule has 0 spiro atoms. The zero-order chi connectivity index (χ0) is 19.3. The van der Waals surface area contributed by atoms with E-state index in [2.05, 4.69) is 32.9 Å². The van der Waals surface area contributed by atoms with Gasteiger partial charge in [-0.2, -0.15) is 0 Å². The van der Waals surface area contributed by atoms with E-state index in [4.69, 9.17) is 5.11 Å². The highest BCUT2D eigenvalue weighted by Crippen LogP contribution is 2.23. The third kappa shape index (κ3) is 9.28. The average molecular weight is 347 g/mol. The normalized spacial score (nSPS) is 12.1. The maximum Gasteiger partial charge on any atom is 0.305 e. The number of aliphatic carboxylic acids is 1. The van der Waals surface area contributed by atoms with E-state index in [0.717, 1.165) is 12.0 Å². The van der Waals surface area contributed by atoms with Gasteiger partial charge in [-0.1, -0.05) is 65.8 Å². The van der Waals surface area contributed by atoms with Gasteiger partial charge in [-0.25, -0.2) is 0 Å². The number of hydrogen-bond donors (Lipinski definition) is 1. The van der Waals surface area contributed by atoms with Crippen molar-refractivity contribution in [3.8, 4) is 0 Å². The maximum atomic E-state index is 12.6. The molecule has 0 bridgehead atoms. The number of carbonyl (C=O) groups excluding carboxylic acids is 1. The zero-order valence-corrected chi connectivity index (χ0v) is 16.6. The van der Waals surface area contributed by atoms with Gasteiger partial charge in [-0.15, -0.1) is 0 Å². The highest BCUT2D eigenvalue weighted by Gasteiger charge is 2.22. The Morgan fingerprint density at radius 3 is 1.88 bits per heavy atom. The molecule has 1 N–H and O–H groups in total. The van der Waals surface area contributed by atoms with Crippen molar-refractivity contribution in [2.45, 2.75) is 67.3 Å². The average Bonchev–Trinajstić information content (AvgIpc) is 2.41. The number of carboxylic acids is 1. The van der Waals surface area contributed by atoms with E-state index in [1.54, 1.807) is 4.90 Å². The van der Waals surface area contributed by atoms with Crippen molar-refractivity contribution >= 4 is 11.9 Å². The van der Waals surface area contributed by atoms with Gasteiger partial charge >= 0.3 is 5.97 Å². The van der Waals surface area contributed by atoms with Crippen molar-refractivity contribution in [3.63, 3.8) is 0 Å². The number of carbonyl (C=O) groups is 2. The van der Waals surface area contributed by atoms with Crippen LogP contribution in [0.4, 0.5) is 0 Å². The summed E-state index contributed by atoms with van der Waals surface area (Å²) in [7, 11) is 0. The van der Waals surface area contributed by atoms with Gasteiger partial charge in [0, 0.05) is 19.5 Å². The number of nitrogens with zero attached hydrogens (tertiary/aromatic N) is 1. The van der Waals surface area contributed by atoms with E-state index in [1.807, 2.05) is 32.9 Å². The molecule has 0 saturated heterocycles. The van der Waals surface area contributed by atoms with Crippen molar-refractivity contribution < 1.29 is 14.7 Å². The largest absolute Gasteiger partial charge is 0.481 e. The Labute approximate surface area is 152 Å². The Kier molecular flexibility index (Phi) is 7.21. The summed E-state index contributed by atoms with van der Waals surface area (Å²) in [4.78, 5) is 25.1. The molecule has 0 aliphatic carbocycles. The molecule has 4 heteroatoms. The second-order valence-electron chi connectivity index (χ2n) is 9.25. The van der Waals surface area contributed by atoms with E-state index in [9.17, 15) is 9.59 Å². The van der Waals surface area contributed by atoms with Crippen LogP contribution < -0.4 is 0 Å². The van der Waals surface area contributed by atoms with Gasteiger partial charge in [-0.3, -0.25) is 9.59 Å². The molecule has 0 radical (unpaired) electrons. The van der Waals surface area contributed by atoms with Crippen LogP contribution in [-0.2, 0) is 22.6 Å². The number of carboxylic acid groups (broad SMARTS) is 1. The smallest absolute Gasteiger partial charge is 0.305 e. The summed E-state index contributed by atoms with van der Waals surface area (Å²) in [6.07, 6.45) is 1.38. The Bertz CT molecular complexity index is 577. The third-order valence-corrected chi connectivity index (χ3v) is 3.76. The van der Waals surface area contributed by atoms with Gasteiger partial charge in [0.1, 0.15) is 0 Å². The van der Waals surface area contributed by atoms with Gasteiger partial charge in [0.15, 0.2) is 0 Å². The molecule has 0 atom stereocenters. The SMILES string of the molecule is CC(C)(C)CC(=O)N(CCC(=O)O)Cc1ccc(CC(C)(C)C)cc1. The highest BCUT2D eigenvalue weighted by atomic mass is 16.4. The van der Waals surface area contributed by atoms with E-state index in [0.29, 0.717) is 13.0 Å². The standard InChI is InChI=1S/C21H33NO3/c1-20(2,3)13-16-7-9-17(10-8-16)15-22(12-11-19(24)25)18(23)14-21(4,5)6/h7-10H,11-15H2,1-6H3,(H,24,25). The van der Waals surface area contributed by atoms with Crippen LogP contribution in [0.5, 0.6) is 0 Å². The second kappa shape index (κ2) is 8.50. The fourth-order valence-electron chi connectivity index (χ4n) is 2.68. The van der Waals surface area contributed by atoms with Crippen molar-refractivity contribution in [1.29, 1.82) is 0 Å². The third-order valence-electron chi connectivity index (χ3n) is 3.76. The van der Waals surface area contributed by atoms with Gasteiger partial charge in [0.05, 0.1) is 6.42 Å². The molecule has 140 valence electrons. The van der Waals surface area contributed by atoms with E-state index >= 15 is 0 Å². The predicted molar refractivity (Wildman–Crippen MR) is 101 cm³/mol. The highest BCUT2D eigenvalue weighted by molar-refractivity contribution is 5.77. The summed E-state index contributed by atoms with van der Waals surface area (Å²) < 4.78 is 0. The van der Waals surface area contributed by atoms with Crippen molar-refractivity contribution in [3.05, 3.63) is 35.4 Å². The molecule has 1 amide bonds. The topological polar surface area (TPSA) is 57.6 Å². The number of rotatable bonds is 7. The second-order valence-corrected chi connectivity index (χ2v) is 9.25. The van der Waals surface area contributed by atoms with Crippen LogP contribution in [0.2, 0.25) is 0 Å². The fourth-order valence-corrected chi connectivity index (χ4v) is 2.68. The fraction of sp³-hybridized carbons (Fsp3) is 0.619. The van der Waals surface area contributed by atoms with E-state index < -0.39 is 5.97 Å². The first-order valence-corrected chi connectivity index (χ1v) is 8.93. The molecule has 0 aliphatic rings. The molecule has 25 heavy (non-hydrogen) atoms. The minimum atomic E-state index is -0.880. The monoisotopic (exact) mass is 347 g/mol. The molecule has 0 saturated carbocycles. The summed E-state index contributed by atoms with van der Waals surface area (Å²) >= 11 is 0. The Balaban J connectivity index is 2.82. The molecular formula is C21H33NO3. The van der Waals surface area contributed by atoms with Crippen LogP contribution >= 0.6 is 0 Å². The lowest BCUT2D eigenvalue weighted by Gasteiger charge is -2.26. The summed E-state index contributed by atoms with van der Waals surface area (Å²) in [5, 5.41) is 8.95. The Hall–Kier alpha value is -1.84. The first-order chi connectivity index (χ1) is 11.4. The first-order valence-electron chi connectivity index (χ1n) is 8.93. The summed E-state index contributed by atoms with van der Waals surface area (Å²) in [6.45, 7) is 13.4. The zero-order valence-electron chi connectivity index (χ0n) is 16.6. The molecule has 1 rings (SSSR count). The van der Waals surface area contributed by atoms with Gasteiger partial charge in [-0.05, 0) is 28.4 Å². The van der Waals surface area contributed by atoms with Gasteiger partial charge in [0.25, 0.3) is 0 Å². The van der Waals surface area contributed by atoms with Crippen LogP contribution in [0, 0.1) is 10.8 Å². The summed E-state index contributed by atoms with van der Waals surface area (Å²) in [5.41, 5.74) is 2.42. The number of benzene rings is 1. The minimum absolute atomic E-state index is 0.00696. The molecule has 0 fully saturated rings.